The zero-order valence-corrected chi connectivity index (χ0v) is 15.2. The van der Waals surface area contributed by atoms with Gasteiger partial charge in [0.25, 0.3) is 5.56 Å². The minimum absolute atomic E-state index is 0.0466. The van der Waals surface area contributed by atoms with Crippen LogP contribution in [0.15, 0.2) is 59.3 Å². The topological polar surface area (TPSA) is 63.6 Å². The van der Waals surface area contributed by atoms with E-state index < -0.39 is 0 Å². The first-order valence-corrected chi connectivity index (χ1v) is 8.49. The monoisotopic (exact) mass is 353 g/mol. The highest BCUT2D eigenvalue weighted by Gasteiger charge is 2.21. The zero-order valence-electron chi connectivity index (χ0n) is 15.2. The van der Waals surface area contributed by atoms with Gasteiger partial charge in [-0.1, -0.05) is 12.1 Å². The molecule has 1 aliphatic rings. The molecule has 1 N–H and O–H groups in total. The molecule has 0 saturated carbocycles. The van der Waals surface area contributed by atoms with E-state index in [9.17, 15) is 9.59 Å². The van der Waals surface area contributed by atoms with Gasteiger partial charge in [0.2, 0.25) is 0 Å². The Morgan fingerprint density at radius 1 is 1.19 bits per heavy atom. The zero-order chi connectivity index (χ0) is 18.7. The van der Waals surface area contributed by atoms with Crippen LogP contribution in [0.3, 0.4) is 0 Å². The molecule has 0 saturated heterocycles. The summed E-state index contributed by atoms with van der Waals surface area (Å²) < 4.78 is 6.29. The Bertz CT molecular complexity index is 884. The molecule has 0 bridgehead atoms. The molecule has 0 fully saturated rings. The molecule has 0 aliphatic carbocycles. The van der Waals surface area contributed by atoms with Crippen LogP contribution in [-0.2, 0) is 11.8 Å². The molecule has 26 heavy (non-hydrogen) atoms. The molecule has 136 valence electrons. The highest BCUT2D eigenvalue weighted by atomic mass is 16.5. The summed E-state index contributed by atoms with van der Waals surface area (Å²) in [4.78, 5) is 25.5. The van der Waals surface area contributed by atoms with Gasteiger partial charge in [0.05, 0.1) is 12.7 Å². The Balaban J connectivity index is 1.75. The summed E-state index contributed by atoms with van der Waals surface area (Å²) in [6.45, 7) is 0.888. The van der Waals surface area contributed by atoms with Gasteiger partial charge < -0.3 is 19.5 Å². The van der Waals surface area contributed by atoms with Crippen LogP contribution in [0.25, 0.3) is 0 Å². The van der Waals surface area contributed by atoms with Crippen LogP contribution in [-0.4, -0.2) is 36.1 Å². The maximum Gasteiger partial charge on any atom is 0.337 e. The van der Waals surface area contributed by atoms with Crippen molar-refractivity contribution in [1.82, 2.24) is 9.47 Å². The van der Waals surface area contributed by atoms with Crippen LogP contribution in [0, 0.1) is 0 Å². The van der Waals surface area contributed by atoms with Gasteiger partial charge in [0.15, 0.2) is 0 Å². The summed E-state index contributed by atoms with van der Waals surface area (Å²) in [5.74, 6) is -0.0315. The summed E-state index contributed by atoms with van der Waals surface area (Å²) >= 11 is 0. The molecule has 2 heterocycles. The molecule has 1 unspecified atom stereocenters. The number of nitrogens with zero attached hydrogens (tertiary/aromatic N) is 2. The highest BCUT2D eigenvalue weighted by Crippen LogP contribution is 2.29. The van der Waals surface area contributed by atoms with Crippen LogP contribution in [0.2, 0.25) is 0 Å². The number of carbonyl (C=O) groups excluding carboxylic acids is 1. The number of rotatable bonds is 4. The maximum atomic E-state index is 11.8. The average molecular weight is 353 g/mol. The van der Waals surface area contributed by atoms with Crippen molar-refractivity contribution >= 4 is 11.7 Å². The lowest BCUT2D eigenvalue weighted by molar-refractivity contribution is 0.0600. The van der Waals surface area contributed by atoms with Crippen molar-refractivity contribution < 1.29 is 9.53 Å². The number of aromatic nitrogens is 1. The second-order valence-electron chi connectivity index (χ2n) is 6.60. The average Bonchev–Trinajstić information content (AvgIpc) is 2.64. The van der Waals surface area contributed by atoms with E-state index in [0.717, 1.165) is 24.4 Å². The number of allylic oxidation sites excluding steroid dienone is 1. The van der Waals surface area contributed by atoms with E-state index in [-0.39, 0.29) is 11.5 Å². The fourth-order valence-electron chi connectivity index (χ4n) is 3.18. The number of anilines is 1. The van der Waals surface area contributed by atoms with Crippen LogP contribution < -0.4 is 10.9 Å². The number of carbonyl (C=O) groups is 1. The fraction of sp³-hybridized carbons (Fsp3) is 0.300. The predicted molar refractivity (Wildman–Crippen MR) is 101 cm³/mol. The second kappa shape index (κ2) is 7.47. The third kappa shape index (κ3) is 3.96. The van der Waals surface area contributed by atoms with Gasteiger partial charge in [-0.3, -0.25) is 4.79 Å². The number of nitrogens with one attached hydrogen (secondary N) is 1. The van der Waals surface area contributed by atoms with E-state index >= 15 is 0 Å². The van der Waals surface area contributed by atoms with Crippen molar-refractivity contribution in [2.24, 2.45) is 7.05 Å². The van der Waals surface area contributed by atoms with Gasteiger partial charge >= 0.3 is 5.97 Å². The van der Waals surface area contributed by atoms with E-state index in [2.05, 4.69) is 16.4 Å². The number of hydrogen-bond donors (Lipinski definition) is 1. The van der Waals surface area contributed by atoms with Gasteiger partial charge in [-0.05, 0) is 30.2 Å². The quantitative estimate of drug-likeness (QED) is 0.856. The van der Waals surface area contributed by atoms with E-state index in [1.807, 2.05) is 25.2 Å². The highest BCUT2D eigenvalue weighted by molar-refractivity contribution is 5.89. The maximum absolute atomic E-state index is 11.8. The van der Waals surface area contributed by atoms with Crippen molar-refractivity contribution in [2.75, 3.05) is 26.0 Å². The summed E-state index contributed by atoms with van der Waals surface area (Å²) in [6.07, 6.45) is 4.65. The number of methoxy groups -OCH3 is 1. The molecular formula is C20H23N3O3. The number of aryl methyl sites for hydroxylation is 1. The van der Waals surface area contributed by atoms with Crippen LogP contribution in [0.5, 0.6) is 0 Å². The smallest absolute Gasteiger partial charge is 0.337 e. The van der Waals surface area contributed by atoms with E-state index in [4.69, 9.17) is 4.74 Å². The van der Waals surface area contributed by atoms with Crippen LogP contribution in [0.4, 0.5) is 5.69 Å². The number of hydrogen-bond acceptors (Lipinski definition) is 5. The fourth-order valence-corrected chi connectivity index (χ4v) is 3.18. The number of ether oxygens (including phenoxy) is 1. The lowest BCUT2D eigenvalue weighted by atomic mass is 9.91. The van der Waals surface area contributed by atoms with Crippen molar-refractivity contribution in [3.63, 3.8) is 0 Å². The first-order valence-electron chi connectivity index (χ1n) is 8.49. The normalized spacial score (nSPS) is 16.8. The second-order valence-corrected chi connectivity index (χ2v) is 6.60. The molecule has 1 aromatic heterocycles. The molecule has 1 aliphatic heterocycles. The van der Waals surface area contributed by atoms with Gasteiger partial charge in [0.1, 0.15) is 0 Å². The Labute approximate surface area is 152 Å². The van der Waals surface area contributed by atoms with Gasteiger partial charge in [-0.15, -0.1) is 0 Å². The molecule has 6 heteroatoms. The Morgan fingerprint density at radius 2 is 1.92 bits per heavy atom. The molecule has 0 radical (unpaired) electrons. The molecule has 1 aromatic carbocycles. The summed E-state index contributed by atoms with van der Waals surface area (Å²) in [5, 5.41) is 3.35. The third-order valence-corrected chi connectivity index (χ3v) is 4.56. The summed E-state index contributed by atoms with van der Waals surface area (Å²) in [6, 6.07) is 11.0. The molecule has 3 rings (SSSR count). The summed E-state index contributed by atoms with van der Waals surface area (Å²) in [7, 11) is 5.14. The van der Waals surface area contributed by atoms with E-state index in [0.29, 0.717) is 11.5 Å². The first-order chi connectivity index (χ1) is 12.5. The van der Waals surface area contributed by atoms with Crippen LogP contribution in [0.1, 0.15) is 28.3 Å². The Kier molecular flexibility index (Phi) is 5.11. The molecule has 2 aromatic rings. The van der Waals surface area contributed by atoms with Crippen molar-refractivity contribution in [2.45, 2.75) is 12.3 Å². The summed E-state index contributed by atoms with van der Waals surface area (Å²) in [5.41, 5.74) is 3.51. The predicted octanol–water partition coefficient (Wildman–Crippen LogP) is 2.54. The molecule has 6 nitrogen and oxygen atoms in total. The Hall–Kier alpha value is -3.02. The number of pyridine rings is 1. The molecule has 0 amide bonds. The van der Waals surface area contributed by atoms with Crippen LogP contribution >= 0.6 is 0 Å². The minimum Gasteiger partial charge on any atom is -0.465 e. The van der Waals surface area contributed by atoms with Crippen molar-refractivity contribution in [3.05, 3.63) is 76.0 Å². The molecule has 0 spiro atoms. The van der Waals surface area contributed by atoms with Crippen molar-refractivity contribution in [3.8, 4) is 0 Å². The lowest BCUT2D eigenvalue weighted by Gasteiger charge is -2.31. The minimum atomic E-state index is -0.328. The van der Waals surface area contributed by atoms with Gasteiger partial charge in [-0.25, -0.2) is 4.79 Å². The standard InChI is InChI=1S/C20H23N3O3/c1-22-12-16(14-4-6-15(7-5-14)20(25)26-3)10-18(13-22)21-17-8-9-23(2)19(24)11-17/h4-9,11,13,16,21H,10,12H2,1-3H3. The molecule has 1 atom stereocenters. The number of likely N-dealkylation sites (N-methyl/N-ethyl adjacent to an activating group) is 1. The largest absolute Gasteiger partial charge is 0.465 e. The SMILES string of the molecule is COC(=O)c1ccc(C2CC(Nc3ccn(C)c(=O)c3)=CN(C)C2)cc1. The van der Waals surface area contributed by atoms with E-state index in [1.165, 1.54) is 17.2 Å². The lowest BCUT2D eigenvalue weighted by Crippen LogP contribution is -2.27. The van der Waals surface area contributed by atoms with Crippen molar-refractivity contribution in [1.29, 1.82) is 0 Å². The Morgan fingerprint density at radius 3 is 2.58 bits per heavy atom. The number of esters is 1. The third-order valence-electron chi connectivity index (χ3n) is 4.56. The van der Waals surface area contributed by atoms with E-state index in [1.54, 1.807) is 31.4 Å². The van der Waals surface area contributed by atoms with Gasteiger partial charge in [0, 0.05) is 56.4 Å². The molecular weight excluding hydrogens is 330 g/mol. The number of benzene rings is 1. The van der Waals surface area contributed by atoms with Gasteiger partial charge in [-0.2, -0.15) is 0 Å². The first kappa shape index (κ1) is 17.8.